The molecule has 2 N–H and O–H groups in total. The molecule has 1 fully saturated rings. The molecule has 0 saturated carbocycles. The molecule has 0 spiro atoms. The Bertz CT molecular complexity index is 1100. The molecule has 4 rings (SSSR count). The van der Waals surface area contributed by atoms with Gasteiger partial charge in [0.1, 0.15) is 17.2 Å². The monoisotopic (exact) mass is 527 g/mol. The van der Waals surface area contributed by atoms with Gasteiger partial charge in [-0.15, -0.1) is 0 Å². The van der Waals surface area contributed by atoms with Gasteiger partial charge in [0, 0.05) is 39.9 Å². The number of β-amino-alcohol motifs (C(OH)–C–C–N with tert-alkyl or cyclic N) is 1. The fourth-order valence-corrected chi connectivity index (χ4v) is 4.07. The van der Waals surface area contributed by atoms with E-state index in [0.717, 1.165) is 6.07 Å². The van der Waals surface area contributed by atoms with E-state index in [1.165, 1.54) is 23.1 Å². The minimum Gasteiger partial charge on any atom is -0.386 e. The number of H-pyrrole nitrogens is 1. The van der Waals surface area contributed by atoms with Crippen LogP contribution in [0.3, 0.4) is 0 Å². The van der Waals surface area contributed by atoms with E-state index in [9.17, 15) is 23.1 Å². The van der Waals surface area contributed by atoms with Crippen molar-refractivity contribution in [1.82, 2.24) is 14.9 Å². The Morgan fingerprint density at radius 1 is 1.20 bits per heavy atom. The van der Waals surface area contributed by atoms with Crippen LogP contribution in [0.5, 0.6) is 0 Å². The van der Waals surface area contributed by atoms with Crippen molar-refractivity contribution in [2.24, 2.45) is 0 Å². The highest BCUT2D eigenvalue weighted by Gasteiger charge is 2.45. The molecule has 156 valence electrons. The van der Waals surface area contributed by atoms with E-state index in [1.807, 2.05) is 22.6 Å². The molecule has 0 radical (unpaired) electrons. The standard InChI is InChI=1S/C21H17F3IN3O2/c22-16-4-3-14(15(19(16)24)7-12-1-2-13(25)8-17(12)23)20(29)28-10-21(30,11-28)9-18-26-5-6-27-18/h1-6,8,30H,7,9-11H2,(H,26,27). The summed E-state index contributed by atoms with van der Waals surface area (Å²) < 4.78 is 43.4. The minimum atomic E-state index is -1.18. The molecule has 0 unspecified atom stereocenters. The summed E-state index contributed by atoms with van der Waals surface area (Å²) in [6.07, 6.45) is 3.18. The van der Waals surface area contributed by atoms with Crippen molar-refractivity contribution in [2.45, 2.75) is 18.4 Å². The molecule has 0 aliphatic carbocycles. The summed E-state index contributed by atoms with van der Waals surface area (Å²) in [6.45, 7) is 0.0612. The second kappa shape index (κ2) is 8.03. The molecule has 5 nitrogen and oxygen atoms in total. The first kappa shape index (κ1) is 20.9. The van der Waals surface area contributed by atoms with Crippen molar-refractivity contribution in [3.63, 3.8) is 0 Å². The van der Waals surface area contributed by atoms with Crippen LogP contribution in [-0.2, 0) is 12.8 Å². The number of nitrogens with zero attached hydrogens (tertiary/aromatic N) is 2. The first-order valence-corrected chi connectivity index (χ1v) is 10.2. The Morgan fingerprint density at radius 2 is 1.97 bits per heavy atom. The highest BCUT2D eigenvalue weighted by molar-refractivity contribution is 14.1. The number of aromatic nitrogens is 2. The normalized spacial score (nSPS) is 15.2. The fraction of sp³-hybridized carbons (Fsp3) is 0.238. The predicted octanol–water partition coefficient (Wildman–Crippen LogP) is 3.45. The average Bonchev–Trinajstić information content (AvgIpc) is 3.17. The highest BCUT2D eigenvalue weighted by Crippen LogP contribution is 2.29. The molecule has 0 bridgehead atoms. The van der Waals surface area contributed by atoms with Crippen LogP contribution in [0.15, 0.2) is 42.7 Å². The van der Waals surface area contributed by atoms with Gasteiger partial charge in [-0.2, -0.15) is 0 Å². The van der Waals surface area contributed by atoms with E-state index >= 15 is 0 Å². The van der Waals surface area contributed by atoms with Gasteiger partial charge < -0.3 is 15.0 Å². The number of imidazole rings is 1. The molecule has 9 heteroatoms. The van der Waals surface area contributed by atoms with Gasteiger partial charge in [0.2, 0.25) is 0 Å². The molecule has 0 atom stereocenters. The number of amides is 1. The number of hydrogen-bond donors (Lipinski definition) is 2. The Hall–Kier alpha value is -2.40. The number of halogens is 4. The number of rotatable bonds is 5. The van der Waals surface area contributed by atoms with E-state index in [4.69, 9.17) is 0 Å². The first-order chi connectivity index (χ1) is 14.3. The van der Waals surface area contributed by atoms with Gasteiger partial charge in [-0.1, -0.05) is 6.07 Å². The van der Waals surface area contributed by atoms with E-state index < -0.39 is 29.0 Å². The Labute approximate surface area is 184 Å². The lowest BCUT2D eigenvalue weighted by Gasteiger charge is -2.46. The van der Waals surface area contributed by atoms with Crippen LogP contribution in [0.2, 0.25) is 0 Å². The third kappa shape index (κ3) is 4.08. The van der Waals surface area contributed by atoms with Crippen LogP contribution in [-0.4, -0.2) is 44.6 Å². The van der Waals surface area contributed by atoms with Gasteiger partial charge in [-0.25, -0.2) is 18.2 Å². The number of carbonyl (C=O) groups excluding carboxylic acids is 1. The maximum absolute atomic E-state index is 14.6. The molecular formula is C21H17F3IN3O2. The summed E-state index contributed by atoms with van der Waals surface area (Å²) in [5.74, 6) is -2.79. The zero-order chi connectivity index (χ0) is 21.5. The van der Waals surface area contributed by atoms with E-state index in [0.29, 0.717) is 9.39 Å². The maximum atomic E-state index is 14.6. The van der Waals surface area contributed by atoms with Gasteiger partial charge in [0.15, 0.2) is 11.6 Å². The summed E-state index contributed by atoms with van der Waals surface area (Å²) in [7, 11) is 0. The Balaban J connectivity index is 1.57. The molecule has 1 saturated heterocycles. The summed E-state index contributed by atoms with van der Waals surface area (Å²) in [6, 6.07) is 6.51. The number of nitrogens with one attached hydrogen (secondary N) is 1. The Morgan fingerprint density at radius 3 is 2.63 bits per heavy atom. The number of aliphatic hydroxyl groups is 1. The van der Waals surface area contributed by atoms with Crippen LogP contribution < -0.4 is 0 Å². The van der Waals surface area contributed by atoms with Gasteiger partial charge in [-0.05, 0) is 52.4 Å². The van der Waals surface area contributed by atoms with Crippen LogP contribution in [0.25, 0.3) is 0 Å². The molecule has 1 aliphatic rings. The minimum absolute atomic E-state index is 0.0306. The Kier molecular flexibility index (Phi) is 5.58. The third-order valence-corrected chi connectivity index (χ3v) is 5.79. The average molecular weight is 527 g/mol. The smallest absolute Gasteiger partial charge is 0.254 e. The van der Waals surface area contributed by atoms with Crippen LogP contribution in [0, 0.1) is 21.0 Å². The molecule has 2 heterocycles. The van der Waals surface area contributed by atoms with Gasteiger partial charge in [0.25, 0.3) is 5.91 Å². The fourth-order valence-electron chi connectivity index (χ4n) is 3.62. The number of carbonyl (C=O) groups is 1. The van der Waals surface area contributed by atoms with Crippen molar-refractivity contribution in [1.29, 1.82) is 0 Å². The predicted molar refractivity (Wildman–Crippen MR) is 111 cm³/mol. The topological polar surface area (TPSA) is 69.2 Å². The molecule has 2 aromatic carbocycles. The molecule has 1 aromatic heterocycles. The van der Waals surface area contributed by atoms with Crippen LogP contribution in [0.1, 0.15) is 27.3 Å². The van der Waals surface area contributed by atoms with Crippen molar-refractivity contribution in [2.75, 3.05) is 13.1 Å². The van der Waals surface area contributed by atoms with Gasteiger partial charge in [0.05, 0.1) is 13.1 Å². The molecule has 3 aromatic rings. The van der Waals surface area contributed by atoms with Crippen molar-refractivity contribution >= 4 is 28.5 Å². The quantitative estimate of drug-likeness (QED) is 0.500. The third-order valence-electron chi connectivity index (χ3n) is 5.12. The molecular weight excluding hydrogens is 510 g/mol. The maximum Gasteiger partial charge on any atom is 0.254 e. The largest absolute Gasteiger partial charge is 0.386 e. The first-order valence-electron chi connectivity index (χ1n) is 9.16. The second-order valence-electron chi connectivity index (χ2n) is 7.40. The number of benzene rings is 2. The van der Waals surface area contributed by atoms with Crippen LogP contribution in [0.4, 0.5) is 13.2 Å². The second-order valence-corrected chi connectivity index (χ2v) is 8.64. The van der Waals surface area contributed by atoms with E-state index in [-0.39, 0.29) is 42.6 Å². The lowest BCUT2D eigenvalue weighted by Crippen LogP contribution is -2.64. The van der Waals surface area contributed by atoms with Crippen LogP contribution >= 0.6 is 22.6 Å². The lowest BCUT2D eigenvalue weighted by molar-refractivity contribution is -0.0810. The summed E-state index contributed by atoms with van der Waals surface area (Å²) in [5, 5.41) is 10.6. The van der Waals surface area contributed by atoms with E-state index in [2.05, 4.69) is 9.97 Å². The lowest BCUT2D eigenvalue weighted by atomic mass is 9.88. The summed E-state index contributed by atoms with van der Waals surface area (Å²) in [5.41, 5.74) is -1.24. The molecule has 30 heavy (non-hydrogen) atoms. The molecule has 1 aliphatic heterocycles. The van der Waals surface area contributed by atoms with Gasteiger partial charge in [-0.3, -0.25) is 4.79 Å². The zero-order valence-corrected chi connectivity index (χ0v) is 17.8. The number of aromatic amines is 1. The molecule has 1 amide bonds. The summed E-state index contributed by atoms with van der Waals surface area (Å²) >= 11 is 1.95. The van der Waals surface area contributed by atoms with E-state index in [1.54, 1.807) is 18.5 Å². The summed E-state index contributed by atoms with van der Waals surface area (Å²) in [4.78, 5) is 21.2. The van der Waals surface area contributed by atoms with Gasteiger partial charge >= 0.3 is 0 Å². The number of likely N-dealkylation sites (tertiary alicyclic amines) is 1. The highest BCUT2D eigenvalue weighted by atomic mass is 127. The zero-order valence-electron chi connectivity index (χ0n) is 15.6. The SMILES string of the molecule is O=C(c1ccc(F)c(F)c1Cc1ccc(I)cc1F)N1CC(O)(Cc2ncc[nH]2)C1. The van der Waals surface area contributed by atoms with Crippen molar-refractivity contribution < 1.29 is 23.1 Å². The number of hydrogen-bond acceptors (Lipinski definition) is 3. The van der Waals surface area contributed by atoms with Crippen molar-refractivity contribution in [3.8, 4) is 0 Å². The van der Waals surface area contributed by atoms with Crippen molar-refractivity contribution in [3.05, 3.63) is 86.3 Å².